The summed E-state index contributed by atoms with van der Waals surface area (Å²) < 4.78 is 2.24. The van der Waals surface area contributed by atoms with Crippen LogP contribution in [0.1, 0.15) is 17.9 Å². The SMILES string of the molecule is O=C1CC(c2ccc3c(c2)c2ccccc2n3-c2ccccc2)C1=O. The fourth-order valence-corrected chi connectivity index (χ4v) is 3.77. The summed E-state index contributed by atoms with van der Waals surface area (Å²) in [6, 6.07) is 24.7. The molecule has 0 aliphatic heterocycles. The van der Waals surface area contributed by atoms with Gasteiger partial charge in [0.2, 0.25) is 5.78 Å². The van der Waals surface area contributed by atoms with Crippen molar-refractivity contribution in [1.82, 2.24) is 4.57 Å². The number of benzene rings is 3. The smallest absolute Gasteiger partial charge is 0.206 e. The Morgan fingerprint density at radius 1 is 0.760 bits per heavy atom. The molecule has 0 amide bonds. The minimum atomic E-state index is -0.268. The first-order valence-electron chi connectivity index (χ1n) is 8.39. The molecule has 1 atom stereocenters. The summed E-state index contributed by atoms with van der Waals surface area (Å²) >= 11 is 0. The molecule has 0 radical (unpaired) electrons. The summed E-state index contributed by atoms with van der Waals surface area (Å²) in [4.78, 5) is 23.2. The molecule has 0 saturated heterocycles. The highest BCUT2D eigenvalue weighted by atomic mass is 16.2. The molecule has 1 heterocycles. The van der Waals surface area contributed by atoms with Crippen molar-refractivity contribution in [3.05, 3.63) is 78.4 Å². The molecule has 0 bridgehead atoms. The average Bonchev–Trinajstić information content (AvgIpc) is 3.00. The van der Waals surface area contributed by atoms with Crippen molar-refractivity contribution in [3.63, 3.8) is 0 Å². The lowest BCUT2D eigenvalue weighted by Crippen LogP contribution is -2.35. The largest absolute Gasteiger partial charge is 0.309 e. The minimum Gasteiger partial charge on any atom is -0.309 e. The molecule has 1 unspecified atom stereocenters. The van der Waals surface area contributed by atoms with Gasteiger partial charge >= 0.3 is 0 Å². The molecular weight excluding hydrogens is 310 g/mol. The van der Waals surface area contributed by atoms with E-state index in [0.717, 1.165) is 33.1 Å². The van der Waals surface area contributed by atoms with E-state index in [9.17, 15) is 9.59 Å². The monoisotopic (exact) mass is 325 g/mol. The molecule has 0 spiro atoms. The number of carbonyl (C=O) groups is 2. The molecule has 5 rings (SSSR count). The predicted molar refractivity (Wildman–Crippen MR) is 98.2 cm³/mol. The van der Waals surface area contributed by atoms with Crippen LogP contribution in [-0.4, -0.2) is 16.1 Å². The van der Waals surface area contributed by atoms with Crippen LogP contribution >= 0.6 is 0 Å². The molecule has 1 aromatic heterocycles. The number of Topliss-reactive ketones (excluding diaryl/α,β-unsaturated/α-hetero) is 2. The molecular formula is C22H15NO2. The van der Waals surface area contributed by atoms with E-state index in [4.69, 9.17) is 0 Å². The number of hydrogen-bond acceptors (Lipinski definition) is 2. The highest BCUT2D eigenvalue weighted by Crippen LogP contribution is 2.36. The van der Waals surface area contributed by atoms with Crippen LogP contribution in [-0.2, 0) is 9.59 Å². The van der Waals surface area contributed by atoms with Crippen molar-refractivity contribution < 1.29 is 9.59 Å². The molecule has 25 heavy (non-hydrogen) atoms. The second-order valence-corrected chi connectivity index (χ2v) is 6.51. The maximum atomic E-state index is 11.8. The number of para-hydroxylation sites is 2. The molecule has 120 valence electrons. The maximum Gasteiger partial charge on any atom is 0.206 e. The summed E-state index contributed by atoms with van der Waals surface area (Å²) in [5.41, 5.74) is 4.29. The van der Waals surface area contributed by atoms with E-state index in [1.807, 2.05) is 36.4 Å². The number of ketones is 2. The van der Waals surface area contributed by atoms with E-state index >= 15 is 0 Å². The molecule has 4 aromatic rings. The number of carbonyl (C=O) groups excluding carboxylic acids is 2. The Hall–Kier alpha value is -3.20. The second-order valence-electron chi connectivity index (χ2n) is 6.51. The van der Waals surface area contributed by atoms with Gasteiger partial charge in [-0.3, -0.25) is 9.59 Å². The van der Waals surface area contributed by atoms with Crippen LogP contribution in [0.3, 0.4) is 0 Å². The van der Waals surface area contributed by atoms with Crippen molar-refractivity contribution in [3.8, 4) is 5.69 Å². The van der Waals surface area contributed by atoms with Crippen molar-refractivity contribution in [2.24, 2.45) is 0 Å². The van der Waals surface area contributed by atoms with E-state index in [1.54, 1.807) is 0 Å². The van der Waals surface area contributed by atoms with Crippen LogP contribution in [0.15, 0.2) is 72.8 Å². The van der Waals surface area contributed by atoms with Crippen molar-refractivity contribution in [2.45, 2.75) is 12.3 Å². The molecule has 3 nitrogen and oxygen atoms in total. The summed E-state index contributed by atoms with van der Waals surface area (Å²) in [7, 11) is 0. The third-order valence-electron chi connectivity index (χ3n) is 5.09. The lowest BCUT2D eigenvalue weighted by atomic mass is 9.77. The topological polar surface area (TPSA) is 39.1 Å². The normalized spacial score (nSPS) is 17.2. The third kappa shape index (κ3) is 1.99. The third-order valence-corrected chi connectivity index (χ3v) is 5.09. The Morgan fingerprint density at radius 3 is 2.24 bits per heavy atom. The molecule has 3 aromatic carbocycles. The molecule has 1 fully saturated rings. The molecule has 1 aliphatic carbocycles. The summed E-state index contributed by atoms with van der Waals surface area (Å²) in [5.74, 6) is -0.779. The van der Waals surface area contributed by atoms with Gasteiger partial charge in [0.1, 0.15) is 0 Å². The van der Waals surface area contributed by atoms with E-state index in [-0.39, 0.29) is 17.5 Å². The molecule has 1 aliphatic rings. The van der Waals surface area contributed by atoms with Gasteiger partial charge < -0.3 is 4.57 Å². The quantitative estimate of drug-likeness (QED) is 0.512. The van der Waals surface area contributed by atoms with E-state index in [1.165, 1.54) is 0 Å². The van der Waals surface area contributed by atoms with Crippen molar-refractivity contribution >= 4 is 33.4 Å². The van der Waals surface area contributed by atoms with Crippen LogP contribution in [0.25, 0.3) is 27.5 Å². The van der Waals surface area contributed by atoms with Gasteiger partial charge in [-0.2, -0.15) is 0 Å². The van der Waals surface area contributed by atoms with E-state index < -0.39 is 0 Å². The Kier molecular flexibility index (Phi) is 2.92. The zero-order chi connectivity index (χ0) is 17.0. The van der Waals surface area contributed by atoms with Gasteiger partial charge in [0.15, 0.2) is 5.78 Å². The minimum absolute atomic E-state index is 0.253. The number of hydrogen-bond donors (Lipinski definition) is 0. The van der Waals surface area contributed by atoms with Crippen LogP contribution < -0.4 is 0 Å². The number of fused-ring (bicyclic) bond motifs is 3. The molecule has 1 saturated carbocycles. The zero-order valence-corrected chi connectivity index (χ0v) is 13.5. The van der Waals surface area contributed by atoms with E-state index in [2.05, 4.69) is 41.0 Å². The average molecular weight is 325 g/mol. The predicted octanol–water partition coefficient (Wildman–Crippen LogP) is 4.41. The molecule has 3 heteroatoms. The van der Waals surface area contributed by atoms with Gasteiger partial charge in [0.25, 0.3) is 0 Å². The zero-order valence-electron chi connectivity index (χ0n) is 13.5. The van der Waals surface area contributed by atoms with Crippen molar-refractivity contribution in [2.75, 3.05) is 0 Å². The fourth-order valence-electron chi connectivity index (χ4n) is 3.77. The Morgan fingerprint density at radius 2 is 1.48 bits per heavy atom. The van der Waals surface area contributed by atoms with Gasteiger partial charge in [-0.15, -0.1) is 0 Å². The van der Waals surface area contributed by atoms with Gasteiger partial charge in [-0.25, -0.2) is 0 Å². The standard InChI is InChI=1S/C22H15NO2/c24-21-13-17(22(21)25)14-10-11-20-18(12-14)16-8-4-5-9-19(16)23(20)15-6-2-1-3-7-15/h1-12,17H,13H2. The first kappa shape index (κ1) is 14.2. The summed E-state index contributed by atoms with van der Waals surface area (Å²) in [6.07, 6.45) is 0.335. The first-order chi connectivity index (χ1) is 12.2. The number of nitrogens with zero attached hydrogens (tertiary/aromatic N) is 1. The lowest BCUT2D eigenvalue weighted by Gasteiger charge is -2.22. The highest BCUT2D eigenvalue weighted by Gasteiger charge is 2.38. The van der Waals surface area contributed by atoms with Gasteiger partial charge in [0, 0.05) is 22.9 Å². The van der Waals surface area contributed by atoms with Crippen LogP contribution in [0.2, 0.25) is 0 Å². The Labute approximate surface area is 144 Å². The molecule has 0 N–H and O–H groups in total. The Bertz CT molecular complexity index is 1150. The first-order valence-corrected chi connectivity index (χ1v) is 8.39. The maximum absolute atomic E-state index is 11.8. The second kappa shape index (κ2) is 5.15. The van der Waals surface area contributed by atoms with Crippen LogP contribution in [0.5, 0.6) is 0 Å². The van der Waals surface area contributed by atoms with Gasteiger partial charge in [-0.05, 0) is 35.9 Å². The summed E-state index contributed by atoms with van der Waals surface area (Å²) in [6.45, 7) is 0. The van der Waals surface area contributed by atoms with Gasteiger partial charge in [-0.1, -0.05) is 42.5 Å². The van der Waals surface area contributed by atoms with Crippen molar-refractivity contribution in [1.29, 1.82) is 0 Å². The fraction of sp³-hybridized carbons (Fsp3) is 0.0909. The van der Waals surface area contributed by atoms with Gasteiger partial charge in [0.05, 0.1) is 17.0 Å². The summed E-state index contributed by atoms with van der Waals surface area (Å²) in [5, 5.41) is 2.27. The number of rotatable bonds is 2. The van der Waals surface area contributed by atoms with Crippen LogP contribution in [0.4, 0.5) is 0 Å². The Balaban J connectivity index is 1.80. The van der Waals surface area contributed by atoms with E-state index in [0.29, 0.717) is 6.42 Å². The number of aromatic nitrogens is 1. The van der Waals surface area contributed by atoms with Crippen LogP contribution in [0, 0.1) is 0 Å². The highest BCUT2D eigenvalue weighted by molar-refractivity contribution is 6.46. The lowest BCUT2D eigenvalue weighted by molar-refractivity contribution is -0.144.